The van der Waals surface area contributed by atoms with E-state index in [0.29, 0.717) is 5.69 Å². The first kappa shape index (κ1) is 23.4. The summed E-state index contributed by atoms with van der Waals surface area (Å²) < 4.78 is 5.03. The van der Waals surface area contributed by atoms with Crippen LogP contribution in [0.2, 0.25) is 0 Å². The Kier molecular flexibility index (Phi) is 7.02. The molecule has 0 aliphatic carbocycles. The third-order valence-electron chi connectivity index (χ3n) is 4.99. The van der Waals surface area contributed by atoms with Crippen molar-refractivity contribution in [3.8, 4) is 0 Å². The van der Waals surface area contributed by atoms with E-state index in [1.807, 2.05) is 19.1 Å². The SMILES string of the molecule is C=CCN1C(=O)c2ccc(C(=O)OCC(=O)N(C)CC(=O)Nc3ccc(C)cc3)cc2C1=O. The van der Waals surface area contributed by atoms with Crippen LogP contribution >= 0.6 is 0 Å². The maximum Gasteiger partial charge on any atom is 0.338 e. The molecule has 170 valence electrons. The molecule has 33 heavy (non-hydrogen) atoms. The van der Waals surface area contributed by atoms with Gasteiger partial charge in [0, 0.05) is 19.3 Å². The zero-order valence-corrected chi connectivity index (χ0v) is 18.3. The van der Waals surface area contributed by atoms with Crippen LogP contribution in [-0.2, 0) is 14.3 Å². The van der Waals surface area contributed by atoms with Crippen LogP contribution in [-0.4, -0.2) is 66.1 Å². The van der Waals surface area contributed by atoms with Crippen molar-refractivity contribution in [1.82, 2.24) is 9.80 Å². The molecule has 0 aromatic heterocycles. The van der Waals surface area contributed by atoms with Crippen molar-refractivity contribution >= 4 is 35.3 Å². The van der Waals surface area contributed by atoms with Gasteiger partial charge in [0.15, 0.2) is 6.61 Å². The van der Waals surface area contributed by atoms with Crippen LogP contribution in [0.4, 0.5) is 5.69 Å². The van der Waals surface area contributed by atoms with Crippen LogP contribution in [0.5, 0.6) is 0 Å². The molecule has 0 bridgehead atoms. The average molecular weight is 449 g/mol. The molecule has 9 heteroatoms. The highest BCUT2D eigenvalue weighted by Crippen LogP contribution is 2.24. The second kappa shape index (κ2) is 9.90. The lowest BCUT2D eigenvalue weighted by Crippen LogP contribution is -2.37. The number of hydrogen-bond acceptors (Lipinski definition) is 6. The van der Waals surface area contributed by atoms with E-state index in [2.05, 4.69) is 11.9 Å². The smallest absolute Gasteiger partial charge is 0.338 e. The molecule has 0 radical (unpaired) electrons. The zero-order chi connectivity index (χ0) is 24.1. The molecule has 0 atom stereocenters. The molecule has 0 fully saturated rings. The summed E-state index contributed by atoms with van der Waals surface area (Å²) in [4.78, 5) is 63.5. The molecule has 0 unspecified atom stereocenters. The van der Waals surface area contributed by atoms with E-state index in [4.69, 9.17) is 4.74 Å². The van der Waals surface area contributed by atoms with Crippen molar-refractivity contribution < 1.29 is 28.7 Å². The minimum Gasteiger partial charge on any atom is -0.452 e. The summed E-state index contributed by atoms with van der Waals surface area (Å²) in [6, 6.07) is 11.2. The fourth-order valence-corrected chi connectivity index (χ4v) is 3.17. The number of esters is 1. The van der Waals surface area contributed by atoms with E-state index < -0.39 is 36.2 Å². The Morgan fingerprint density at radius 1 is 1.06 bits per heavy atom. The molecule has 1 aliphatic rings. The molecule has 2 aromatic rings. The molecular weight excluding hydrogens is 426 g/mol. The number of imide groups is 1. The minimum absolute atomic E-state index is 0.0305. The lowest BCUT2D eigenvalue weighted by Gasteiger charge is -2.17. The van der Waals surface area contributed by atoms with Gasteiger partial charge in [0.05, 0.1) is 23.2 Å². The van der Waals surface area contributed by atoms with Crippen LogP contribution in [0.1, 0.15) is 36.6 Å². The van der Waals surface area contributed by atoms with Gasteiger partial charge in [-0.15, -0.1) is 6.58 Å². The van der Waals surface area contributed by atoms with Crippen molar-refractivity contribution in [2.75, 3.05) is 32.1 Å². The Morgan fingerprint density at radius 3 is 2.39 bits per heavy atom. The highest BCUT2D eigenvalue weighted by Gasteiger charge is 2.35. The molecule has 3 rings (SSSR count). The van der Waals surface area contributed by atoms with E-state index >= 15 is 0 Å². The van der Waals surface area contributed by atoms with Crippen molar-refractivity contribution in [1.29, 1.82) is 0 Å². The Hall–Kier alpha value is -4.27. The number of likely N-dealkylation sites (N-methyl/N-ethyl adjacent to an activating group) is 1. The summed E-state index contributed by atoms with van der Waals surface area (Å²) >= 11 is 0. The van der Waals surface area contributed by atoms with Crippen LogP contribution in [0.15, 0.2) is 55.1 Å². The Labute approximate surface area is 190 Å². The highest BCUT2D eigenvalue weighted by atomic mass is 16.5. The van der Waals surface area contributed by atoms with Gasteiger partial charge >= 0.3 is 5.97 Å². The summed E-state index contributed by atoms with van der Waals surface area (Å²) in [5.74, 6) is -2.79. The number of anilines is 1. The van der Waals surface area contributed by atoms with Crippen LogP contribution in [0.25, 0.3) is 0 Å². The summed E-state index contributed by atoms with van der Waals surface area (Å²) in [7, 11) is 1.42. The van der Waals surface area contributed by atoms with Gasteiger partial charge in [-0.25, -0.2) is 4.79 Å². The standard InChI is InChI=1S/C24H23N3O6/c1-4-11-27-22(30)18-10-7-16(12-19(18)23(27)31)24(32)33-14-21(29)26(3)13-20(28)25-17-8-5-15(2)6-9-17/h4-10,12H,1,11,13-14H2,2-3H3,(H,25,28). The average Bonchev–Trinajstić information content (AvgIpc) is 3.03. The fraction of sp³-hybridized carbons (Fsp3) is 0.208. The Morgan fingerprint density at radius 2 is 1.73 bits per heavy atom. The van der Waals surface area contributed by atoms with Crippen LogP contribution in [0, 0.1) is 6.92 Å². The first-order chi connectivity index (χ1) is 15.7. The molecule has 0 spiro atoms. The number of carbonyl (C=O) groups is 5. The number of benzene rings is 2. The molecule has 1 N–H and O–H groups in total. The van der Waals surface area contributed by atoms with E-state index in [1.165, 1.54) is 31.3 Å². The predicted molar refractivity (Wildman–Crippen MR) is 120 cm³/mol. The van der Waals surface area contributed by atoms with E-state index in [0.717, 1.165) is 15.4 Å². The molecule has 9 nitrogen and oxygen atoms in total. The second-order valence-electron chi connectivity index (χ2n) is 7.51. The van der Waals surface area contributed by atoms with Crippen molar-refractivity contribution in [3.63, 3.8) is 0 Å². The van der Waals surface area contributed by atoms with Crippen molar-refractivity contribution in [2.45, 2.75) is 6.92 Å². The third kappa shape index (κ3) is 5.32. The normalized spacial score (nSPS) is 12.2. The molecule has 1 heterocycles. The highest BCUT2D eigenvalue weighted by molar-refractivity contribution is 6.22. The topological polar surface area (TPSA) is 113 Å². The lowest BCUT2D eigenvalue weighted by atomic mass is 10.1. The first-order valence-electron chi connectivity index (χ1n) is 10.1. The lowest BCUT2D eigenvalue weighted by molar-refractivity contribution is -0.136. The van der Waals surface area contributed by atoms with Gasteiger partial charge in [0.2, 0.25) is 5.91 Å². The fourth-order valence-electron chi connectivity index (χ4n) is 3.17. The number of ether oxygens (including phenoxy) is 1. The van der Waals surface area contributed by atoms with Crippen molar-refractivity contribution in [2.24, 2.45) is 0 Å². The largest absolute Gasteiger partial charge is 0.452 e. The van der Waals surface area contributed by atoms with Gasteiger partial charge in [-0.1, -0.05) is 23.8 Å². The van der Waals surface area contributed by atoms with E-state index in [9.17, 15) is 24.0 Å². The minimum atomic E-state index is -0.828. The summed E-state index contributed by atoms with van der Waals surface area (Å²) in [5.41, 5.74) is 1.97. The monoisotopic (exact) mass is 449 g/mol. The summed E-state index contributed by atoms with van der Waals surface area (Å²) in [5, 5.41) is 2.68. The summed E-state index contributed by atoms with van der Waals surface area (Å²) in [6.07, 6.45) is 1.43. The number of rotatable bonds is 8. The molecule has 0 saturated heterocycles. The van der Waals surface area contributed by atoms with Gasteiger partial charge < -0.3 is 15.0 Å². The number of aryl methyl sites for hydroxylation is 1. The van der Waals surface area contributed by atoms with Crippen LogP contribution in [0.3, 0.4) is 0 Å². The van der Waals surface area contributed by atoms with Gasteiger partial charge in [-0.2, -0.15) is 0 Å². The van der Waals surface area contributed by atoms with Gasteiger partial charge in [0.1, 0.15) is 0 Å². The maximum absolute atomic E-state index is 12.4. The molecule has 1 aliphatic heterocycles. The van der Waals surface area contributed by atoms with Gasteiger partial charge in [-0.3, -0.25) is 24.1 Å². The molecule has 2 aromatic carbocycles. The third-order valence-corrected chi connectivity index (χ3v) is 4.99. The molecule has 0 saturated carbocycles. The molecular formula is C24H23N3O6. The van der Waals surface area contributed by atoms with E-state index in [-0.39, 0.29) is 29.8 Å². The maximum atomic E-state index is 12.4. The van der Waals surface area contributed by atoms with E-state index in [1.54, 1.807) is 12.1 Å². The quantitative estimate of drug-likeness (QED) is 0.375. The number of amides is 4. The number of carbonyl (C=O) groups excluding carboxylic acids is 5. The number of nitrogens with one attached hydrogen (secondary N) is 1. The number of nitrogens with zero attached hydrogens (tertiary/aromatic N) is 2. The van der Waals surface area contributed by atoms with Gasteiger partial charge in [0.25, 0.3) is 17.7 Å². The Balaban J connectivity index is 1.54. The first-order valence-corrected chi connectivity index (χ1v) is 10.1. The Bertz CT molecular complexity index is 1140. The number of fused-ring (bicyclic) bond motifs is 1. The second-order valence-corrected chi connectivity index (χ2v) is 7.51. The van der Waals surface area contributed by atoms with Gasteiger partial charge in [-0.05, 0) is 37.3 Å². The predicted octanol–water partition coefficient (Wildman–Crippen LogP) is 2.03. The molecule has 4 amide bonds. The van der Waals surface area contributed by atoms with Crippen molar-refractivity contribution in [3.05, 3.63) is 77.4 Å². The van der Waals surface area contributed by atoms with Crippen LogP contribution < -0.4 is 5.32 Å². The summed E-state index contributed by atoms with van der Waals surface area (Å²) in [6.45, 7) is 4.70. The zero-order valence-electron chi connectivity index (χ0n) is 18.3. The number of hydrogen-bond donors (Lipinski definition) is 1.